The lowest BCUT2D eigenvalue weighted by Crippen LogP contribution is -2.26. The van der Waals surface area contributed by atoms with E-state index in [2.05, 4.69) is 58.1 Å². The highest BCUT2D eigenvalue weighted by Gasteiger charge is 2.20. The molecule has 0 fully saturated rings. The largest absolute Gasteiger partial charge is 0.392 e. The van der Waals surface area contributed by atoms with E-state index >= 15 is 0 Å². The van der Waals surface area contributed by atoms with Crippen molar-refractivity contribution in [1.29, 1.82) is 0 Å². The third kappa shape index (κ3) is 2.74. The molecular formula is C19H19N5. The number of nitrogens with zero attached hydrogens (tertiary/aromatic N) is 4. The van der Waals surface area contributed by atoms with Gasteiger partial charge in [-0.1, -0.05) is 49.4 Å². The maximum Gasteiger partial charge on any atom is 0.245 e. The molecule has 2 N–H and O–H groups in total. The second kappa shape index (κ2) is 6.55. The van der Waals surface area contributed by atoms with Crippen LogP contribution in [0.3, 0.4) is 0 Å². The zero-order valence-electron chi connectivity index (χ0n) is 13.8. The van der Waals surface area contributed by atoms with Crippen LogP contribution in [0.15, 0.2) is 48.7 Å². The highest BCUT2D eigenvalue weighted by Crippen LogP contribution is 2.32. The topological polar surface area (TPSA) is 59.4 Å². The Morgan fingerprint density at radius 2 is 1.96 bits per heavy atom. The summed E-state index contributed by atoms with van der Waals surface area (Å²) >= 11 is 0. The summed E-state index contributed by atoms with van der Waals surface area (Å²) in [6.45, 7) is 9.20. The minimum atomic E-state index is 0.120. The van der Waals surface area contributed by atoms with E-state index < -0.39 is 0 Å². The summed E-state index contributed by atoms with van der Waals surface area (Å²) in [5.74, 6) is 0.745. The van der Waals surface area contributed by atoms with E-state index in [9.17, 15) is 0 Å². The molecule has 1 aromatic heterocycles. The molecule has 1 heterocycles. The Bertz CT molecular complexity index is 908. The Kier molecular flexibility index (Phi) is 4.30. The van der Waals surface area contributed by atoms with Gasteiger partial charge in [0.1, 0.15) is 5.82 Å². The number of hydrogen-bond acceptors (Lipinski definition) is 4. The Morgan fingerprint density at radius 1 is 1.21 bits per heavy atom. The molecule has 5 heteroatoms. The maximum atomic E-state index is 7.06. The van der Waals surface area contributed by atoms with Crippen molar-refractivity contribution in [3.8, 4) is 0 Å². The molecule has 0 aliphatic rings. The van der Waals surface area contributed by atoms with Crippen LogP contribution < -0.4 is 10.6 Å². The number of rotatable bonds is 4. The minimum absolute atomic E-state index is 0.120. The van der Waals surface area contributed by atoms with Gasteiger partial charge in [-0.05, 0) is 22.8 Å². The first-order valence-electron chi connectivity index (χ1n) is 7.86. The lowest BCUT2D eigenvalue weighted by Gasteiger charge is -2.29. The molecule has 0 spiro atoms. The van der Waals surface area contributed by atoms with Crippen LogP contribution in [0.1, 0.15) is 24.9 Å². The lowest BCUT2D eigenvalue weighted by molar-refractivity contribution is 0.638. The van der Waals surface area contributed by atoms with Crippen molar-refractivity contribution < 1.29 is 0 Å². The molecule has 5 nitrogen and oxygen atoms in total. The predicted molar refractivity (Wildman–Crippen MR) is 98.1 cm³/mol. The van der Waals surface area contributed by atoms with Crippen molar-refractivity contribution in [2.45, 2.75) is 19.4 Å². The number of anilines is 2. The Labute approximate surface area is 141 Å². The van der Waals surface area contributed by atoms with Gasteiger partial charge in [-0.2, -0.15) is 0 Å². The van der Waals surface area contributed by atoms with Crippen LogP contribution >= 0.6 is 0 Å². The number of nitrogens with two attached hydrogens (primary N) is 1. The lowest BCUT2D eigenvalue weighted by atomic mass is 9.96. The molecule has 120 valence electrons. The van der Waals surface area contributed by atoms with E-state index in [1.54, 1.807) is 0 Å². The molecule has 3 aromatic rings. The summed E-state index contributed by atoms with van der Waals surface area (Å²) in [5.41, 5.74) is 7.36. The van der Waals surface area contributed by atoms with Crippen LogP contribution in [0.5, 0.6) is 0 Å². The van der Waals surface area contributed by atoms with Gasteiger partial charge >= 0.3 is 0 Å². The standard InChI is InChI=1S/C19H19N5/c1-4-17(15-11-7-9-13-8-5-6-10-14(13)15)24(3)19-22-12-16(21-2)18(20)23-19/h5-12,17H,4H2,1,3H3,(H2,20,22,23). The van der Waals surface area contributed by atoms with Crippen LogP contribution in [-0.4, -0.2) is 17.0 Å². The van der Waals surface area contributed by atoms with Crippen molar-refractivity contribution >= 4 is 28.2 Å². The van der Waals surface area contributed by atoms with Crippen molar-refractivity contribution in [2.24, 2.45) is 0 Å². The number of hydrogen-bond donors (Lipinski definition) is 1. The number of aromatic nitrogens is 2. The van der Waals surface area contributed by atoms with Gasteiger partial charge in [0, 0.05) is 13.2 Å². The van der Waals surface area contributed by atoms with Gasteiger partial charge in [0.2, 0.25) is 11.6 Å². The van der Waals surface area contributed by atoms with Crippen LogP contribution in [-0.2, 0) is 0 Å². The molecule has 0 amide bonds. The zero-order valence-corrected chi connectivity index (χ0v) is 13.8. The highest BCUT2D eigenvalue weighted by atomic mass is 15.3. The SMILES string of the molecule is [C-]#[N+]c1cnc(N(C)C(CC)c2cccc3ccccc23)nc1N. The minimum Gasteiger partial charge on any atom is -0.392 e. The van der Waals surface area contributed by atoms with Crippen LogP contribution in [0, 0.1) is 6.57 Å². The summed E-state index contributed by atoms with van der Waals surface area (Å²) in [6.07, 6.45) is 2.38. The van der Waals surface area contributed by atoms with E-state index in [1.807, 2.05) is 18.0 Å². The summed E-state index contributed by atoms with van der Waals surface area (Å²) in [6, 6.07) is 14.8. The summed E-state index contributed by atoms with van der Waals surface area (Å²) in [4.78, 5) is 13.9. The summed E-state index contributed by atoms with van der Waals surface area (Å²) in [7, 11) is 1.96. The van der Waals surface area contributed by atoms with E-state index in [0.717, 1.165) is 6.42 Å². The quantitative estimate of drug-likeness (QED) is 0.727. The average Bonchev–Trinajstić information content (AvgIpc) is 2.62. The predicted octanol–water partition coefficient (Wildman–Crippen LogP) is 4.35. The fourth-order valence-electron chi connectivity index (χ4n) is 3.02. The van der Waals surface area contributed by atoms with Gasteiger partial charge in [-0.25, -0.2) is 14.8 Å². The molecule has 1 atom stereocenters. The van der Waals surface area contributed by atoms with Gasteiger partial charge in [-0.3, -0.25) is 0 Å². The Morgan fingerprint density at radius 3 is 2.67 bits per heavy atom. The first kappa shape index (κ1) is 15.8. The van der Waals surface area contributed by atoms with Gasteiger partial charge in [0.25, 0.3) is 0 Å². The van der Waals surface area contributed by atoms with E-state index in [-0.39, 0.29) is 17.5 Å². The third-order valence-electron chi connectivity index (χ3n) is 4.26. The molecule has 1 unspecified atom stereocenters. The van der Waals surface area contributed by atoms with Crippen molar-refractivity contribution in [3.63, 3.8) is 0 Å². The fourth-order valence-corrected chi connectivity index (χ4v) is 3.02. The van der Waals surface area contributed by atoms with Gasteiger partial charge in [0.05, 0.1) is 12.6 Å². The highest BCUT2D eigenvalue weighted by molar-refractivity contribution is 5.86. The number of fused-ring (bicyclic) bond motifs is 1. The third-order valence-corrected chi connectivity index (χ3v) is 4.26. The molecule has 0 aliphatic heterocycles. The Balaban J connectivity index is 2.05. The summed E-state index contributed by atoms with van der Waals surface area (Å²) in [5, 5.41) is 2.44. The zero-order chi connectivity index (χ0) is 17.1. The van der Waals surface area contributed by atoms with Gasteiger partial charge in [0.15, 0.2) is 0 Å². The number of benzene rings is 2. The second-order valence-corrected chi connectivity index (χ2v) is 5.66. The second-order valence-electron chi connectivity index (χ2n) is 5.66. The fraction of sp³-hybridized carbons (Fsp3) is 0.211. The first-order chi connectivity index (χ1) is 11.7. The maximum absolute atomic E-state index is 7.06. The molecule has 0 aliphatic carbocycles. The molecule has 3 rings (SSSR count). The van der Waals surface area contributed by atoms with Crippen molar-refractivity contribution in [3.05, 3.63) is 65.6 Å². The normalized spacial score (nSPS) is 11.9. The van der Waals surface area contributed by atoms with Crippen molar-refractivity contribution in [1.82, 2.24) is 9.97 Å². The van der Waals surface area contributed by atoms with Crippen LogP contribution in [0.4, 0.5) is 17.5 Å². The molecule has 2 aromatic carbocycles. The van der Waals surface area contributed by atoms with Gasteiger partial charge in [-0.15, -0.1) is 0 Å². The van der Waals surface area contributed by atoms with Crippen LogP contribution in [0.2, 0.25) is 0 Å². The van der Waals surface area contributed by atoms with Crippen LogP contribution in [0.25, 0.3) is 15.6 Å². The van der Waals surface area contributed by atoms with E-state index in [1.165, 1.54) is 22.5 Å². The molecule has 0 bridgehead atoms. The first-order valence-corrected chi connectivity index (χ1v) is 7.86. The Hall–Kier alpha value is -3.13. The smallest absolute Gasteiger partial charge is 0.245 e. The van der Waals surface area contributed by atoms with E-state index in [0.29, 0.717) is 5.95 Å². The molecule has 0 saturated carbocycles. The van der Waals surface area contributed by atoms with Crippen molar-refractivity contribution in [2.75, 3.05) is 17.7 Å². The molecule has 0 saturated heterocycles. The van der Waals surface area contributed by atoms with Gasteiger partial charge < -0.3 is 10.6 Å². The average molecular weight is 317 g/mol. The summed E-state index contributed by atoms with van der Waals surface area (Å²) < 4.78 is 0. The van der Waals surface area contributed by atoms with E-state index in [4.69, 9.17) is 12.3 Å². The monoisotopic (exact) mass is 317 g/mol. The molecular weight excluding hydrogens is 298 g/mol. The number of nitrogen functional groups attached to an aromatic ring is 1. The molecule has 0 radical (unpaired) electrons. The molecule has 24 heavy (non-hydrogen) atoms.